The minimum Gasteiger partial charge on any atom is -0.354 e. The van der Waals surface area contributed by atoms with Crippen LogP contribution in [0.3, 0.4) is 0 Å². The largest absolute Gasteiger partial charge is 0.416 e. The summed E-state index contributed by atoms with van der Waals surface area (Å²) in [6, 6.07) is 13.7. The Morgan fingerprint density at radius 1 is 0.778 bits per heavy atom. The summed E-state index contributed by atoms with van der Waals surface area (Å²) >= 11 is 0. The molecule has 0 aliphatic heterocycles. The highest BCUT2D eigenvalue weighted by Crippen LogP contribution is 2.31. The number of carbonyl (C=O) groups is 2. The van der Waals surface area contributed by atoms with Crippen molar-refractivity contribution in [2.75, 3.05) is 12.4 Å². The molecule has 0 saturated heterocycles. The fourth-order valence-corrected chi connectivity index (χ4v) is 3.53. The molecule has 1 aromatic carbocycles. The van der Waals surface area contributed by atoms with Crippen LogP contribution in [0.4, 0.5) is 18.9 Å². The molecule has 0 aliphatic rings. The number of hydrogen-bond acceptors (Lipinski definition) is 5. The van der Waals surface area contributed by atoms with Crippen molar-refractivity contribution in [2.24, 2.45) is 0 Å². The van der Waals surface area contributed by atoms with Crippen LogP contribution < -0.4 is 10.6 Å². The lowest BCUT2D eigenvalue weighted by Crippen LogP contribution is -2.19. The molecule has 36 heavy (non-hydrogen) atoms. The lowest BCUT2D eigenvalue weighted by Gasteiger charge is -2.12. The Morgan fingerprint density at radius 2 is 1.44 bits per heavy atom. The molecule has 3 aromatic heterocycles. The van der Waals surface area contributed by atoms with Crippen LogP contribution in [-0.2, 0) is 6.18 Å². The van der Waals surface area contributed by atoms with E-state index in [1.807, 2.05) is 13.0 Å². The summed E-state index contributed by atoms with van der Waals surface area (Å²) in [7, 11) is 1.52. The van der Waals surface area contributed by atoms with Crippen molar-refractivity contribution in [1.82, 2.24) is 20.3 Å². The van der Waals surface area contributed by atoms with Gasteiger partial charge in [-0.3, -0.25) is 24.5 Å². The molecule has 0 saturated carbocycles. The van der Waals surface area contributed by atoms with Crippen LogP contribution in [0.25, 0.3) is 22.4 Å². The quantitative estimate of drug-likeness (QED) is 0.403. The number of anilines is 1. The summed E-state index contributed by atoms with van der Waals surface area (Å²) in [5.74, 6) is -1.08. The summed E-state index contributed by atoms with van der Waals surface area (Å²) in [5, 5.41) is 5.14. The fraction of sp³-hybridized carbons (Fsp3) is 0.115. The first-order valence-electron chi connectivity index (χ1n) is 10.8. The van der Waals surface area contributed by atoms with Crippen molar-refractivity contribution in [3.8, 4) is 22.4 Å². The smallest absolute Gasteiger partial charge is 0.354 e. The van der Waals surface area contributed by atoms with Crippen LogP contribution in [0, 0.1) is 6.92 Å². The second-order valence-electron chi connectivity index (χ2n) is 7.85. The van der Waals surface area contributed by atoms with Gasteiger partial charge in [0.25, 0.3) is 11.8 Å². The number of aromatic nitrogens is 3. The average Bonchev–Trinajstić information content (AvgIpc) is 2.89. The van der Waals surface area contributed by atoms with Gasteiger partial charge in [-0.15, -0.1) is 0 Å². The van der Waals surface area contributed by atoms with Gasteiger partial charge in [-0.05, 0) is 72.1 Å². The van der Waals surface area contributed by atoms with Gasteiger partial charge in [0.15, 0.2) is 0 Å². The van der Waals surface area contributed by atoms with Crippen molar-refractivity contribution >= 4 is 17.5 Å². The van der Waals surface area contributed by atoms with Crippen molar-refractivity contribution in [2.45, 2.75) is 13.1 Å². The predicted octanol–water partition coefficient (Wildman–Crippen LogP) is 5.14. The molecule has 0 unspecified atom stereocenters. The number of alkyl halides is 3. The number of benzene rings is 1. The van der Waals surface area contributed by atoms with Gasteiger partial charge in [0, 0.05) is 36.9 Å². The number of amides is 2. The molecule has 0 aliphatic carbocycles. The zero-order valence-electron chi connectivity index (χ0n) is 19.2. The van der Waals surface area contributed by atoms with E-state index < -0.39 is 17.6 Å². The van der Waals surface area contributed by atoms with Gasteiger partial charge in [0.1, 0.15) is 11.4 Å². The number of halogens is 3. The fourth-order valence-electron chi connectivity index (χ4n) is 3.53. The Morgan fingerprint density at radius 3 is 2.17 bits per heavy atom. The molecule has 0 radical (unpaired) electrons. The summed E-state index contributed by atoms with van der Waals surface area (Å²) < 4.78 is 39.0. The van der Waals surface area contributed by atoms with Crippen LogP contribution in [-0.4, -0.2) is 33.8 Å². The predicted molar refractivity (Wildman–Crippen MR) is 128 cm³/mol. The van der Waals surface area contributed by atoms with Gasteiger partial charge in [-0.25, -0.2) is 0 Å². The zero-order chi connectivity index (χ0) is 25.9. The molecule has 0 atom stereocenters. The average molecular weight is 491 g/mol. The van der Waals surface area contributed by atoms with E-state index in [1.165, 1.54) is 13.2 Å². The highest BCUT2D eigenvalue weighted by Gasteiger charge is 2.31. The molecule has 4 aromatic rings. The lowest BCUT2D eigenvalue weighted by molar-refractivity contribution is -0.137. The molecule has 182 valence electrons. The highest BCUT2D eigenvalue weighted by molar-refractivity contribution is 6.03. The van der Waals surface area contributed by atoms with E-state index in [0.717, 1.165) is 29.0 Å². The molecule has 7 nitrogen and oxygen atoms in total. The monoisotopic (exact) mass is 491 g/mol. The molecular weight excluding hydrogens is 471 g/mol. The molecule has 3 heterocycles. The van der Waals surface area contributed by atoms with E-state index in [1.54, 1.807) is 42.6 Å². The third-order valence-corrected chi connectivity index (χ3v) is 5.40. The van der Waals surface area contributed by atoms with Crippen LogP contribution >= 0.6 is 0 Å². The third kappa shape index (κ3) is 5.38. The van der Waals surface area contributed by atoms with Crippen molar-refractivity contribution in [3.63, 3.8) is 0 Å². The SMILES string of the molecule is CNC(=O)c1cc(-c2cc(-c3cc(NC(=O)c4cc(C(F)(F)F)ccn4)ccc3C)ccn2)ccn1. The molecule has 0 bridgehead atoms. The Kier molecular flexibility index (Phi) is 6.77. The normalized spacial score (nSPS) is 11.1. The molecule has 4 rings (SSSR count). The summed E-state index contributed by atoms with van der Waals surface area (Å²) in [6.07, 6.45) is -0.477. The highest BCUT2D eigenvalue weighted by atomic mass is 19.4. The summed E-state index contributed by atoms with van der Waals surface area (Å²) in [4.78, 5) is 36.8. The first-order valence-corrected chi connectivity index (χ1v) is 10.8. The number of carbonyl (C=O) groups excluding carboxylic acids is 2. The number of pyridine rings is 3. The maximum Gasteiger partial charge on any atom is 0.416 e. The van der Waals surface area contributed by atoms with Crippen molar-refractivity contribution in [3.05, 3.63) is 95.7 Å². The third-order valence-electron chi connectivity index (χ3n) is 5.40. The molecule has 2 N–H and O–H groups in total. The summed E-state index contributed by atoms with van der Waals surface area (Å²) in [6.45, 7) is 1.89. The van der Waals surface area contributed by atoms with Gasteiger partial charge in [-0.2, -0.15) is 13.2 Å². The van der Waals surface area contributed by atoms with Crippen LogP contribution in [0.2, 0.25) is 0 Å². The Balaban J connectivity index is 1.63. The van der Waals surface area contributed by atoms with Gasteiger partial charge >= 0.3 is 6.18 Å². The Hall–Kier alpha value is -4.60. The van der Waals surface area contributed by atoms with Crippen LogP contribution in [0.1, 0.15) is 32.1 Å². The maximum atomic E-state index is 13.0. The Labute approximate surface area is 204 Å². The van der Waals surface area contributed by atoms with Gasteiger partial charge in [0.05, 0.1) is 11.3 Å². The number of rotatable bonds is 5. The van der Waals surface area contributed by atoms with E-state index in [9.17, 15) is 22.8 Å². The van der Waals surface area contributed by atoms with E-state index >= 15 is 0 Å². The first kappa shape index (κ1) is 24.5. The minimum absolute atomic E-state index is 0.256. The zero-order valence-corrected chi connectivity index (χ0v) is 19.2. The maximum absolute atomic E-state index is 13.0. The molecule has 10 heteroatoms. The van der Waals surface area contributed by atoms with Crippen LogP contribution in [0.5, 0.6) is 0 Å². The minimum atomic E-state index is -4.58. The van der Waals surface area contributed by atoms with E-state index in [-0.39, 0.29) is 17.3 Å². The standard InChI is InChI=1S/C26H20F3N5O2/c1-15-3-4-19(34-25(36)23-13-18(7-10-33-23)26(27,28)29)14-20(15)16-5-8-31-21(11-16)17-6-9-32-22(12-17)24(35)30-2/h3-14H,1-2H3,(H,30,35)(H,34,36). The van der Waals surface area contributed by atoms with Crippen molar-refractivity contribution in [1.29, 1.82) is 0 Å². The number of nitrogens with one attached hydrogen (secondary N) is 2. The second kappa shape index (κ2) is 9.95. The topological polar surface area (TPSA) is 96.9 Å². The molecular formula is C26H20F3N5O2. The van der Waals surface area contributed by atoms with Gasteiger partial charge < -0.3 is 10.6 Å². The van der Waals surface area contributed by atoms with Gasteiger partial charge in [0.2, 0.25) is 0 Å². The van der Waals surface area contributed by atoms with Crippen molar-refractivity contribution < 1.29 is 22.8 Å². The number of aryl methyl sites for hydroxylation is 1. The second-order valence-corrected chi connectivity index (χ2v) is 7.85. The van der Waals surface area contributed by atoms with E-state index in [4.69, 9.17) is 0 Å². The van der Waals surface area contributed by atoms with Crippen LogP contribution in [0.15, 0.2) is 73.2 Å². The van der Waals surface area contributed by atoms with Gasteiger partial charge in [-0.1, -0.05) is 6.07 Å². The van der Waals surface area contributed by atoms with E-state index in [2.05, 4.69) is 25.6 Å². The molecule has 0 spiro atoms. The van der Waals surface area contributed by atoms with E-state index in [0.29, 0.717) is 23.0 Å². The first-order chi connectivity index (χ1) is 17.2. The molecule has 0 fully saturated rings. The molecule has 2 amide bonds. The number of hydrogen-bond donors (Lipinski definition) is 2. The summed E-state index contributed by atoms with van der Waals surface area (Å²) in [5.41, 5.74) is 3.15. The lowest BCUT2D eigenvalue weighted by atomic mass is 9.98. The number of nitrogens with zero attached hydrogens (tertiary/aromatic N) is 3. The Bertz CT molecular complexity index is 1450.